The van der Waals surface area contributed by atoms with Gasteiger partial charge in [-0.2, -0.15) is 5.10 Å². The Labute approximate surface area is 180 Å². The van der Waals surface area contributed by atoms with E-state index in [2.05, 4.69) is 10.4 Å². The van der Waals surface area contributed by atoms with Crippen molar-refractivity contribution in [3.05, 3.63) is 90.3 Å². The second-order valence-corrected chi connectivity index (χ2v) is 9.22. The quantitative estimate of drug-likeness (QED) is 0.508. The fourth-order valence-electron chi connectivity index (χ4n) is 3.96. The number of carbonyl (C=O) groups is 1. The van der Waals surface area contributed by atoms with Crippen molar-refractivity contribution in [3.8, 4) is 0 Å². The summed E-state index contributed by atoms with van der Waals surface area (Å²) in [5.41, 5.74) is 2.54. The highest BCUT2D eigenvalue weighted by Crippen LogP contribution is 2.41. The number of hydrogen-bond donors (Lipinski definition) is 1. The van der Waals surface area contributed by atoms with Crippen molar-refractivity contribution in [1.29, 1.82) is 0 Å². The summed E-state index contributed by atoms with van der Waals surface area (Å²) in [4.78, 5) is 13.0. The molecule has 5 rings (SSSR count). The number of benzene rings is 3. The number of anilines is 1. The predicted octanol–water partition coefficient (Wildman–Crippen LogP) is 2.91. The monoisotopic (exact) mass is 432 g/mol. The third-order valence-corrected chi connectivity index (χ3v) is 7.26. The third kappa shape index (κ3) is 3.44. The highest BCUT2D eigenvalue weighted by atomic mass is 32.2. The maximum atomic E-state index is 13.0. The molecule has 1 aliphatic rings. The molecule has 0 atom stereocenters. The first kappa shape index (κ1) is 19.3. The van der Waals surface area contributed by atoms with Gasteiger partial charge in [0.15, 0.2) is 0 Å². The topological polar surface area (TPSA) is 84.3 Å². The van der Waals surface area contributed by atoms with Gasteiger partial charge in [-0.1, -0.05) is 48.5 Å². The van der Waals surface area contributed by atoms with Gasteiger partial charge < -0.3 is 5.32 Å². The smallest absolute Gasteiger partial charge is 0.265 e. The third-order valence-electron chi connectivity index (χ3n) is 5.45. The number of rotatable bonds is 6. The number of sulfonamides is 1. The molecule has 8 heteroatoms. The molecular weight excluding hydrogens is 412 g/mol. The molecule has 1 aromatic heterocycles. The van der Waals surface area contributed by atoms with Crippen LogP contribution in [0.5, 0.6) is 0 Å². The average molecular weight is 433 g/mol. The van der Waals surface area contributed by atoms with Crippen molar-refractivity contribution in [2.45, 2.75) is 18.0 Å². The molecule has 156 valence electrons. The molecule has 4 aromatic rings. The Kier molecular flexibility index (Phi) is 4.71. The highest BCUT2D eigenvalue weighted by molar-refractivity contribution is 7.93. The van der Waals surface area contributed by atoms with E-state index in [1.54, 1.807) is 30.5 Å². The first-order chi connectivity index (χ1) is 15.0. The van der Waals surface area contributed by atoms with Crippen LogP contribution in [0.4, 0.5) is 5.69 Å². The van der Waals surface area contributed by atoms with Gasteiger partial charge in [0.2, 0.25) is 5.91 Å². The van der Waals surface area contributed by atoms with Crippen LogP contribution >= 0.6 is 0 Å². The zero-order valence-corrected chi connectivity index (χ0v) is 17.4. The molecule has 31 heavy (non-hydrogen) atoms. The fourth-order valence-corrected chi connectivity index (χ4v) is 5.63. The Hall–Kier alpha value is -3.65. The van der Waals surface area contributed by atoms with Gasteiger partial charge in [0.25, 0.3) is 10.0 Å². The van der Waals surface area contributed by atoms with Crippen molar-refractivity contribution >= 4 is 32.4 Å². The van der Waals surface area contributed by atoms with Crippen LogP contribution in [-0.4, -0.2) is 30.7 Å². The maximum absolute atomic E-state index is 13.0. The Bertz CT molecular complexity index is 1380. The van der Waals surface area contributed by atoms with Crippen LogP contribution in [0.15, 0.2) is 84.0 Å². The Morgan fingerprint density at radius 3 is 2.48 bits per heavy atom. The minimum absolute atomic E-state index is 0.248. The number of aromatic nitrogens is 2. The molecule has 7 nitrogen and oxygen atoms in total. The van der Waals surface area contributed by atoms with Gasteiger partial charge in [-0.25, -0.2) is 8.42 Å². The summed E-state index contributed by atoms with van der Waals surface area (Å²) in [7, 11) is -3.76. The largest absolute Gasteiger partial charge is 0.350 e. The van der Waals surface area contributed by atoms with Gasteiger partial charge >= 0.3 is 0 Å². The van der Waals surface area contributed by atoms with Gasteiger partial charge in [0.1, 0.15) is 6.54 Å². The molecule has 0 radical (unpaired) electrons. The number of nitrogens with one attached hydrogen (secondary N) is 1. The zero-order valence-electron chi connectivity index (χ0n) is 16.6. The summed E-state index contributed by atoms with van der Waals surface area (Å²) in [6, 6.07) is 20.3. The molecule has 3 aromatic carbocycles. The van der Waals surface area contributed by atoms with Crippen LogP contribution in [0.3, 0.4) is 0 Å². The van der Waals surface area contributed by atoms with E-state index in [1.807, 2.05) is 53.3 Å². The first-order valence-electron chi connectivity index (χ1n) is 9.89. The second kappa shape index (κ2) is 7.55. The number of nitrogens with zero attached hydrogens (tertiary/aromatic N) is 3. The van der Waals surface area contributed by atoms with Gasteiger partial charge in [-0.05, 0) is 34.7 Å². The summed E-state index contributed by atoms with van der Waals surface area (Å²) < 4.78 is 29.1. The van der Waals surface area contributed by atoms with Crippen LogP contribution in [0.25, 0.3) is 10.8 Å². The standard InChI is InChI=1S/C23H20N4O3S/c28-22(24-14-18-6-1-2-7-19(18)15-26-13-5-12-25-26)16-27-20-10-3-8-17-9-4-11-21(23(17)20)31(27,29)30/h1-13H,14-16H2,(H,24,28). The van der Waals surface area contributed by atoms with Crippen LogP contribution in [0.2, 0.25) is 0 Å². The normalized spacial score (nSPS) is 14.1. The number of amides is 1. The lowest BCUT2D eigenvalue weighted by Crippen LogP contribution is -2.38. The summed E-state index contributed by atoms with van der Waals surface area (Å²) in [5.74, 6) is -0.359. The molecule has 0 aliphatic carbocycles. The molecule has 0 fully saturated rings. The van der Waals surface area contributed by atoms with Gasteiger partial charge in [-0.3, -0.25) is 13.8 Å². The Morgan fingerprint density at radius 1 is 0.935 bits per heavy atom. The van der Waals surface area contributed by atoms with Crippen molar-refractivity contribution in [1.82, 2.24) is 15.1 Å². The van der Waals surface area contributed by atoms with E-state index >= 15 is 0 Å². The number of hydrogen-bond acceptors (Lipinski definition) is 4. The fraction of sp³-hybridized carbons (Fsp3) is 0.130. The van der Waals surface area contributed by atoms with Crippen molar-refractivity contribution in [2.24, 2.45) is 0 Å². The van der Waals surface area contributed by atoms with E-state index in [-0.39, 0.29) is 17.3 Å². The summed E-state index contributed by atoms with van der Waals surface area (Å²) in [5, 5.41) is 8.60. The van der Waals surface area contributed by atoms with E-state index in [0.29, 0.717) is 24.2 Å². The van der Waals surface area contributed by atoms with Gasteiger partial charge in [-0.15, -0.1) is 0 Å². The van der Waals surface area contributed by atoms with Gasteiger partial charge in [0, 0.05) is 24.3 Å². The van der Waals surface area contributed by atoms with E-state index < -0.39 is 10.0 Å². The molecule has 0 spiro atoms. The molecule has 1 N–H and O–H groups in total. The Balaban J connectivity index is 1.33. The van der Waals surface area contributed by atoms with E-state index in [9.17, 15) is 13.2 Å². The molecule has 1 aliphatic heterocycles. The lowest BCUT2D eigenvalue weighted by atomic mass is 10.1. The zero-order chi connectivity index (χ0) is 21.4. The number of carbonyl (C=O) groups excluding carboxylic acids is 1. The lowest BCUT2D eigenvalue weighted by molar-refractivity contribution is -0.119. The summed E-state index contributed by atoms with van der Waals surface area (Å²) in [6.45, 7) is 0.635. The SMILES string of the molecule is O=C(CN1c2cccc3cccc(c23)S1(=O)=O)NCc1ccccc1Cn1cccn1. The minimum atomic E-state index is -3.76. The summed E-state index contributed by atoms with van der Waals surface area (Å²) in [6.07, 6.45) is 3.60. The Morgan fingerprint density at radius 2 is 1.71 bits per heavy atom. The van der Waals surface area contributed by atoms with Crippen molar-refractivity contribution in [2.75, 3.05) is 10.8 Å². The minimum Gasteiger partial charge on any atom is -0.350 e. The van der Waals surface area contributed by atoms with Crippen LogP contribution in [0.1, 0.15) is 11.1 Å². The molecule has 2 heterocycles. The lowest BCUT2D eigenvalue weighted by Gasteiger charge is -2.18. The molecule has 0 saturated carbocycles. The van der Waals surface area contributed by atoms with Crippen LogP contribution in [0, 0.1) is 0 Å². The predicted molar refractivity (Wildman–Crippen MR) is 118 cm³/mol. The molecule has 0 unspecified atom stereocenters. The van der Waals surface area contributed by atoms with Gasteiger partial charge in [0.05, 0.1) is 17.1 Å². The van der Waals surface area contributed by atoms with Crippen molar-refractivity contribution < 1.29 is 13.2 Å². The van der Waals surface area contributed by atoms with E-state index in [0.717, 1.165) is 16.5 Å². The van der Waals surface area contributed by atoms with E-state index in [4.69, 9.17) is 0 Å². The molecule has 0 saturated heterocycles. The molecule has 0 bridgehead atoms. The average Bonchev–Trinajstić information content (AvgIpc) is 3.35. The maximum Gasteiger partial charge on any atom is 0.265 e. The molecular formula is C23H20N4O3S. The van der Waals surface area contributed by atoms with Crippen LogP contribution < -0.4 is 9.62 Å². The second-order valence-electron chi connectivity index (χ2n) is 7.39. The summed E-state index contributed by atoms with van der Waals surface area (Å²) >= 11 is 0. The van der Waals surface area contributed by atoms with E-state index in [1.165, 1.54) is 4.31 Å². The van der Waals surface area contributed by atoms with Crippen molar-refractivity contribution in [3.63, 3.8) is 0 Å². The molecule has 1 amide bonds. The highest BCUT2D eigenvalue weighted by Gasteiger charge is 2.36. The first-order valence-corrected chi connectivity index (χ1v) is 11.3. The van der Waals surface area contributed by atoms with Crippen LogP contribution in [-0.2, 0) is 27.9 Å².